The summed E-state index contributed by atoms with van der Waals surface area (Å²) in [7, 11) is 1.61. The molecule has 0 aromatic heterocycles. The predicted molar refractivity (Wildman–Crippen MR) is 286 cm³/mol. The van der Waals surface area contributed by atoms with Crippen molar-refractivity contribution in [1.82, 2.24) is 5.32 Å². The lowest BCUT2D eigenvalue weighted by atomic mass is 10.0. The molecule has 9 heteroatoms. The number of hydrogen-bond donors (Lipinski definition) is 3. The number of amides is 1. The minimum atomic E-state index is -4.31. The van der Waals surface area contributed by atoms with Crippen molar-refractivity contribution in [3.05, 3.63) is 72.9 Å². The number of quaternary nitrogens is 1. The number of nitrogens with zero attached hydrogens (tertiary/aromatic N) is 1. The number of nitrogens with one attached hydrogen (secondary N) is 1. The Balaban J connectivity index is 3.84. The average Bonchev–Trinajstić information content (AvgIpc) is 3.28. The van der Waals surface area contributed by atoms with Gasteiger partial charge in [0.05, 0.1) is 39.9 Å². The van der Waals surface area contributed by atoms with E-state index in [0.717, 1.165) is 77.0 Å². The summed E-state index contributed by atoms with van der Waals surface area (Å²) in [4.78, 5) is 23.1. The molecule has 0 rings (SSSR count). The highest BCUT2D eigenvalue weighted by Crippen LogP contribution is 2.43. The number of phosphoric acid groups is 1. The Bertz CT molecular complexity index is 1300. The summed E-state index contributed by atoms with van der Waals surface area (Å²) in [5, 5.41) is 13.9. The number of likely N-dealkylation sites (N-methyl/N-ethyl adjacent to an activating group) is 1. The van der Waals surface area contributed by atoms with E-state index in [-0.39, 0.29) is 19.1 Å². The third-order valence-corrected chi connectivity index (χ3v) is 13.0. The first-order chi connectivity index (χ1) is 32.0. The van der Waals surface area contributed by atoms with Gasteiger partial charge in [-0.2, -0.15) is 0 Å². The molecule has 0 bridgehead atoms. The lowest BCUT2D eigenvalue weighted by molar-refractivity contribution is -0.870. The molecule has 0 radical (unpaired) electrons. The maximum Gasteiger partial charge on any atom is 0.472 e. The summed E-state index contributed by atoms with van der Waals surface area (Å²) >= 11 is 0. The Morgan fingerprint density at radius 1 is 0.530 bits per heavy atom. The van der Waals surface area contributed by atoms with Crippen LogP contribution in [0, 0.1) is 0 Å². The zero-order valence-corrected chi connectivity index (χ0v) is 44.6. The van der Waals surface area contributed by atoms with E-state index < -0.39 is 20.0 Å². The molecule has 0 aliphatic rings. The quantitative estimate of drug-likeness (QED) is 0.0243. The fourth-order valence-corrected chi connectivity index (χ4v) is 8.43. The third-order valence-electron chi connectivity index (χ3n) is 12.0. The molecule has 3 N–H and O–H groups in total. The fourth-order valence-electron chi connectivity index (χ4n) is 7.70. The second kappa shape index (κ2) is 48.0. The largest absolute Gasteiger partial charge is 0.472 e. The van der Waals surface area contributed by atoms with E-state index in [4.69, 9.17) is 9.05 Å². The lowest BCUT2D eigenvalue weighted by Crippen LogP contribution is -2.46. The van der Waals surface area contributed by atoms with E-state index in [1.807, 2.05) is 21.1 Å². The van der Waals surface area contributed by atoms with Crippen molar-refractivity contribution in [2.24, 2.45) is 0 Å². The fraction of sp³-hybridized carbons (Fsp3) is 0.772. The molecular weight excluding hydrogens is 840 g/mol. The number of aliphatic hydroxyl groups excluding tert-OH is 1. The number of rotatable bonds is 49. The molecule has 66 heavy (non-hydrogen) atoms. The molecule has 3 atom stereocenters. The second-order valence-corrected chi connectivity index (χ2v) is 21.0. The van der Waals surface area contributed by atoms with Crippen LogP contribution in [0.15, 0.2) is 72.9 Å². The van der Waals surface area contributed by atoms with E-state index in [1.54, 1.807) is 0 Å². The van der Waals surface area contributed by atoms with Crippen LogP contribution in [0.5, 0.6) is 0 Å². The highest BCUT2D eigenvalue weighted by Gasteiger charge is 2.28. The van der Waals surface area contributed by atoms with Gasteiger partial charge in [-0.15, -0.1) is 0 Å². The van der Waals surface area contributed by atoms with E-state index in [0.29, 0.717) is 23.9 Å². The van der Waals surface area contributed by atoms with Crippen molar-refractivity contribution in [3.8, 4) is 0 Å². The maximum absolute atomic E-state index is 12.9. The number of phosphoric ester groups is 1. The highest BCUT2D eigenvalue weighted by atomic mass is 31.2. The van der Waals surface area contributed by atoms with Gasteiger partial charge in [0.25, 0.3) is 0 Å². The van der Waals surface area contributed by atoms with Crippen LogP contribution in [-0.4, -0.2) is 73.4 Å². The van der Waals surface area contributed by atoms with Gasteiger partial charge in [-0.25, -0.2) is 4.57 Å². The Labute approximate surface area is 408 Å². The van der Waals surface area contributed by atoms with Gasteiger partial charge >= 0.3 is 7.82 Å². The molecule has 1 amide bonds. The van der Waals surface area contributed by atoms with Crippen LogP contribution < -0.4 is 5.32 Å². The van der Waals surface area contributed by atoms with Crippen LogP contribution in [0.2, 0.25) is 0 Å². The normalized spacial score (nSPS) is 14.6. The van der Waals surface area contributed by atoms with Gasteiger partial charge in [-0.1, -0.05) is 234 Å². The summed E-state index contributed by atoms with van der Waals surface area (Å²) < 4.78 is 23.6. The Hall–Kier alpha value is -2.06. The molecule has 0 saturated carbocycles. The molecule has 0 aromatic carbocycles. The third kappa shape index (κ3) is 49.8. The Kier molecular flexibility index (Phi) is 46.5. The van der Waals surface area contributed by atoms with Gasteiger partial charge in [0.15, 0.2) is 0 Å². The number of unbranched alkanes of at least 4 members (excludes halogenated alkanes) is 24. The zero-order chi connectivity index (χ0) is 48.5. The first kappa shape index (κ1) is 63.9. The van der Waals surface area contributed by atoms with Crippen molar-refractivity contribution < 1.29 is 32.9 Å². The van der Waals surface area contributed by atoms with Crippen LogP contribution in [0.1, 0.15) is 232 Å². The number of carbonyl (C=O) groups excluding carboxylic acids is 1. The summed E-state index contributed by atoms with van der Waals surface area (Å²) in [5.41, 5.74) is 0. The van der Waals surface area contributed by atoms with Gasteiger partial charge in [0, 0.05) is 6.42 Å². The smallest absolute Gasteiger partial charge is 0.391 e. The van der Waals surface area contributed by atoms with Gasteiger partial charge < -0.3 is 19.8 Å². The summed E-state index contributed by atoms with van der Waals surface area (Å²) in [5.74, 6) is -0.149. The number of hydrogen-bond acceptors (Lipinski definition) is 5. The van der Waals surface area contributed by atoms with E-state index in [2.05, 4.69) is 92.1 Å². The van der Waals surface area contributed by atoms with Gasteiger partial charge in [0.1, 0.15) is 13.2 Å². The zero-order valence-electron chi connectivity index (χ0n) is 43.7. The molecule has 0 saturated heterocycles. The van der Waals surface area contributed by atoms with Gasteiger partial charge in [-0.3, -0.25) is 13.8 Å². The molecule has 0 spiro atoms. The molecule has 0 aromatic rings. The van der Waals surface area contributed by atoms with E-state index in [1.165, 1.54) is 128 Å². The minimum Gasteiger partial charge on any atom is -0.391 e. The average molecular weight is 946 g/mol. The number of allylic oxidation sites excluding steroid dienone is 12. The monoisotopic (exact) mass is 946 g/mol. The van der Waals surface area contributed by atoms with Crippen LogP contribution in [-0.2, 0) is 18.4 Å². The molecular formula is C57H106N2O6P+. The van der Waals surface area contributed by atoms with Crippen LogP contribution in [0.25, 0.3) is 0 Å². The Morgan fingerprint density at radius 3 is 1.33 bits per heavy atom. The summed E-state index contributed by atoms with van der Waals surface area (Å²) in [6, 6.07) is -0.758. The lowest BCUT2D eigenvalue weighted by Gasteiger charge is -2.26. The maximum atomic E-state index is 12.9. The minimum absolute atomic E-state index is 0.0734. The molecule has 0 fully saturated rings. The molecule has 0 aliphatic carbocycles. The van der Waals surface area contributed by atoms with Crippen LogP contribution in [0.4, 0.5) is 0 Å². The second-order valence-electron chi connectivity index (χ2n) is 19.6. The molecule has 384 valence electrons. The Morgan fingerprint density at radius 2 is 0.909 bits per heavy atom. The van der Waals surface area contributed by atoms with Crippen LogP contribution in [0.3, 0.4) is 0 Å². The van der Waals surface area contributed by atoms with Crippen molar-refractivity contribution in [3.63, 3.8) is 0 Å². The van der Waals surface area contributed by atoms with Crippen molar-refractivity contribution >= 4 is 13.7 Å². The number of carbonyl (C=O) groups is 1. The topological polar surface area (TPSA) is 105 Å². The first-order valence-corrected chi connectivity index (χ1v) is 28.8. The standard InChI is InChI=1S/C57H105N2O6P/c1-6-8-10-12-14-15-16-17-18-19-20-21-22-23-24-25-26-27-28-29-30-31-32-33-34-35-36-37-38-39-40-41-42-43-45-47-49-51-57(61)58-55(56(60)50-48-46-44-13-11-9-7-2)54-65-66(62,63)64-53-52-59(3,4)5/h8,10,14-15,17-18,20-21,23-24,26-27,55-56,60H,6-7,9,11-13,16,19,22,25,28-54H2,1-5H3,(H-,58,61,62,63)/p+1/b10-8-,15-14-,18-17-,21-20-,24-23-,27-26-. The molecule has 0 aliphatic heterocycles. The number of aliphatic hydroxyl groups is 1. The van der Waals surface area contributed by atoms with Gasteiger partial charge in [-0.05, 0) is 64.2 Å². The van der Waals surface area contributed by atoms with E-state index >= 15 is 0 Å². The molecule has 8 nitrogen and oxygen atoms in total. The summed E-state index contributed by atoms with van der Waals surface area (Å²) in [6.07, 6.45) is 65.7. The molecule has 0 heterocycles. The molecule has 3 unspecified atom stereocenters. The van der Waals surface area contributed by atoms with Gasteiger partial charge in [0.2, 0.25) is 5.91 Å². The summed E-state index contributed by atoms with van der Waals surface area (Å²) in [6.45, 7) is 4.72. The SMILES string of the molecule is CC/C=C\C/C=C\C/C=C\C/C=C\C/C=C\C/C=C\CCCCCCCCCCCCCCCCCCCCC(=O)NC(COP(=O)(O)OCC[N+](C)(C)C)C(O)CCCCCCCCC. The van der Waals surface area contributed by atoms with E-state index in [9.17, 15) is 19.4 Å². The van der Waals surface area contributed by atoms with Crippen molar-refractivity contribution in [2.45, 2.75) is 244 Å². The highest BCUT2D eigenvalue weighted by molar-refractivity contribution is 7.47. The van der Waals surface area contributed by atoms with Crippen LogP contribution >= 0.6 is 7.82 Å². The van der Waals surface area contributed by atoms with Crippen molar-refractivity contribution in [1.29, 1.82) is 0 Å². The van der Waals surface area contributed by atoms with Crippen molar-refractivity contribution in [2.75, 3.05) is 40.9 Å². The predicted octanol–water partition coefficient (Wildman–Crippen LogP) is 16.3. The first-order valence-electron chi connectivity index (χ1n) is 27.3.